The van der Waals surface area contributed by atoms with Gasteiger partial charge in [-0.05, 0) is 67.4 Å². The van der Waals surface area contributed by atoms with Gasteiger partial charge in [0.1, 0.15) is 10.5 Å². The van der Waals surface area contributed by atoms with Gasteiger partial charge in [0.15, 0.2) is 5.75 Å². The quantitative estimate of drug-likeness (QED) is 0.236. The minimum atomic E-state index is -4.24. The summed E-state index contributed by atoms with van der Waals surface area (Å²) in [5, 5.41) is 2.04. The average Bonchev–Trinajstić information content (AvgIpc) is 2.81. The molecule has 4 amide bonds. The number of rotatable bonds is 5. The van der Waals surface area contributed by atoms with Crippen LogP contribution in [0.15, 0.2) is 65.1 Å². The first-order valence-corrected chi connectivity index (χ1v) is 13.1. The highest BCUT2D eigenvalue weighted by Gasteiger charge is 2.37. The molecule has 0 unspecified atom stereocenters. The fourth-order valence-electron chi connectivity index (χ4n) is 3.47. The number of nitrogens with one attached hydrogen (secondary N) is 1. The number of imide groups is 2. The van der Waals surface area contributed by atoms with E-state index in [1.54, 1.807) is 38.1 Å². The first-order chi connectivity index (χ1) is 17.4. The number of barbiturate groups is 1. The van der Waals surface area contributed by atoms with Crippen molar-refractivity contribution in [2.45, 2.75) is 18.7 Å². The minimum Gasteiger partial charge on any atom is -0.376 e. The number of urea groups is 1. The maximum absolute atomic E-state index is 13.2. The molecule has 190 valence electrons. The van der Waals surface area contributed by atoms with Gasteiger partial charge in [-0.2, -0.15) is 8.42 Å². The minimum absolute atomic E-state index is 0.0954. The number of benzene rings is 3. The van der Waals surface area contributed by atoms with E-state index in [9.17, 15) is 22.8 Å². The molecule has 0 bridgehead atoms. The SMILES string of the molecule is Cc1ccc(S(=O)(=O)Oc2c(Cl)cc(/C=C3\C(=O)NC(=O)N(c4cc(Cl)ccc4C)C3=O)cc2Cl)cc1. The Morgan fingerprint density at radius 1 is 0.892 bits per heavy atom. The van der Waals surface area contributed by atoms with Crippen molar-refractivity contribution >= 4 is 74.5 Å². The molecule has 1 aliphatic heterocycles. The van der Waals surface area contributed by atoms with Crippen LogP contribution in [-0.4, -0.2) is 26.3 Å². The van der Waals surface area contributed by atoms with Crippen LogP contribution in [0.4, 0.5) is 10.5 Å². The summed E-state index contributed by atoms with van der Waals surface area (Å²) in [6, 6.07) is 12.2. The maximum atomic E-state index is 13.2. The molecule has 0 saturated carbocycles. The van der Waals surface area contributed by atoms with Crippen molar-refractivity contribution in [2.75, 3.05) is 4.90 Å². The molecule has 3 aromatic rings. The summed E-state index contributed by atoms with van der Waals surface area (Å²) < 4.78 is 30.5. The summed E-state index contributed by atoms with van der Waals surface area (Å²) in [5.41, 5.74) is 1.44. The zero-order valence-corrected chi connectivity index (χ0v) is 22.3. The lowest BCUT2D eigenvalue weighted by atomic mass is 10.1. The largest absolute Gasteiger partial charge is 0.376 e. The number of hydrogen-bond donors (Lipinski definition) is 1. The van der Waals surface area contributed by atoms with Gasteiger partial charge in [0.2, 0.25) is 0 Å². The Bertz CT molecular complexity index is 1580. The van der Waals surface area contributed by atoms with Crippen molar-refractivity contribution in [3.05, 3.63) is 91.9 Å². The van der Waals surface area contributed by atoms with Crippen molar-refractivity contribution in [3.63, 3.8) is 0 Å². The summed E-state index contributed by atoms with van der Waals surface area (Å²) in [5.74, 6) is -2.15. The van der Waals surface area contributed by atoms with E-state index in [0.29, 0.717) is 10.6 Å². The van der Waals surface area contributed by atoms with E-state index >= 15 is 0 Å². The highest BCUT2D eigenvalue weighted by Crippen LogP contribution is 2.37. The summed E-state index contributed by atoms with van der Waals surface area (Å²) in [4.78, 5) is 38.9. The third-order valence-electron chi connectivity index (χ3n) is 5.35. The molecule has 0 aromatic heterocycles. The van der Waals surface area contributed by atoms with Crippen molar-refractivity contribution in [1.29, 1.82) is 0 Å². The van der Waals surface area contributed by atoms with Crippen molar-refractivity contribution in [2.24, 2.45) is 0 Å². The third kappa shape index (κ3) is 5.50. The van der Waals surface area contributed by atoms with Gasteiger partial charge in [0, 0.05) is 5.02 Å². The first-order valence-electron chi connectivity index (χ1n) is 10.5. The Morgan fingerprint density at radius 3 is 2.14 bits per heavy atom. The van der Waals surface area contributed by atoms with E-state index in [1.165, 1.54) is 36.4 Å². The molecule has 0 aliphatic carbocycles. The Kier molecular flexibility index (Phi) is 7.34. The Morgan fingerprint density at radius 2 is 1.51 bits per heavy atom. The van der Waals surface area contributed by atoms with E-state index in [2.05, 4.69) is 5.32 Å². The second kappa shape index (κ2) is 10.2. The van der Waals surface area contributed by atoms with E-state index in [-0.39, 0.29) is 37.5 Å². The molecule has 1 aliphatic rings. The number of aryl methyl sites for hydroxylation is 2. The van der Waals surface area contributed by atoms with Crippen LogP contribution >= 0.6 is 34.8 Å². The van der Waals surface area contributed by atoms with E-state index in [4.69, 9.17) is 39.0 Å². The van der Waals surface area contributed by atoms with Gasteiger partial charge in [0.25, 0.3) is 11.8 Å². The molecule has 37 heavy (non-hydrogen) atoms. The summed E-state index contributed by atoms with van der Waals surface area (Å²) in [6.45, 7) is 3.48. The van der Waals surface area contributed by atoms with Crippen LogP contribution in [0.5, 0.6) is 5.75 Å². The highest BCUT2D eigenvalue weighted by atomic mass is 35.5. The molecule has 12 heteroatoms. The zero-order chi connectivity index (χ0) is 27.1. The van der Waals surface area contributed by atoms with Crippen LogP contribution in [-0.2, 0) is 19.7 Å². The fraction of sp³-hybridized carbons (Fsp3) is 0.0800. The molecule has 1 saturated heterocycles. The lowest BCUT2D eigenvalue weighted by Gasteiger charge is -2.27. The Labute approximate surface area is 227 Å². The van der Waals surface area contributed by atoms with E-state index in [1.807, 2.05) is 0 Å². The number of anilines is 1. The smallest absolute Gasteiger partial charge is 0.339 e. The summed E-state index contributed by atoms with van der Waals surface area (Å²) in [7, 11) is -4.24. The van der Waals surface area contributed by atoms with Crippen LogP contribution in [0.1, 0.15) is 16.7 Å². The van der Waals surface area contributed by atoms with Crippen LogP contribution < -0.4 is 14.4 Å². The van der Waals surface area contributed by atoms with Crippen LogP contribution in [0.25, 0.3) is 6.08 Å². The molecule has 0 radical (unpaired) electrons. The summed E-state index contributed by atoms with van der Waals surface area (Å²) in [6.07, 6.45) is 1.17. The lowest BCUT2D eigenvalue weighted by Crippen LogP contribution is -2.54. The molecule has 0 spiro atoms. The number of hydrogen-bond acceptors (Lipinski definition) is 6. The van der Waals surface area contributed by atoms with E-state index < -0.39 is 28.0 Å². The zero-order valence-electron chi connectivity index (χ0n) is 19.2. The molecule has 1 N–H and O–H groups in total. The first kappa shape index (κ1) is 26.7. The monoisotopic (exact) mass is 578 g/mol. The van der Waals surface area contributed by atoms with Gasteiger partial charge >= 0.3 is 16.1 Å². The Balaban J connectivity index is 1.69. The standard InChI is InChI=1S/C25H17Cl3N2O6S/c1-13-3-7-17(8-4-13)37(34,35)36-22-19(27)10-15(11-20(22)28)9-18-23(31)29-25(33)30(24(18)32)21-12-16(26)6-5-14(21)2/h3-12H,1-2H3,(H,29,31,33)/b18-9+. The lowest BCUT2D eigenvalue weighted by molar-refractivity contribution is -0.122. The number of halogens is 3. The Hall–Kier alpha value is -3.37. The summed E-state index contributed by atoms with van der Waals surface area (Å²) >= 11 is 18.6. The van der Waals surface area contributed by atoms with Gasteiger partial charge in [-0.15, -0.1) is 0 Å². The predicted octanol–water partition coefficient (Wildman–Crippen LogP) is 5.70. The van der Waals surface area contributed by atoms with Crippen molar-refractivity contribution in [1.82, 2.24) is 5.32 Å². The van der Waals surface area contributed by atoms with Crippen molar-refractivity contribution < 1.29 is 27.0 Å². The topological polar surface area (TPSA) is 110 Å². The molecule has 8 nitrogen and oxygen atoms in total. The number of nitrogens with zero attached hydrogens (tertiary/aromatic N) is 1. The number of carbonyl (C=O) groups excluding carboxylic acids is 3. The molecule has 1 heterocycles. The molecular weight excluding hydrogens is 563 g/mol. The van der Waals surface area contributed by atoms with E-state index in [0.717, 1.165) is 10.5 Å². The molecule has 0 atom stereocenters. The van der Waals surface area contributed by atoms with Gasteiger partial charge in [-0.3, -0.25) is 14.9 Å². The molecule has 4 rings (SSSR count). The van der Waals surface area contributed by atoms with Gasteiger partial charge in [-0.1, -0.05) is 58.6 Å². The maximum Gasteiger partial charge on any atom is 0.339 e. The molecule has 3 aromatic carbocycles. The number of carbonyl (C=O) groups is 3. The normalized spacial score (nSPS) is 15.2. The van der Waals surface area contributed by atoms with Gasteiger partial charge in [0.05, 0.1) is 15.7 Å². The van der Waals surface area contributed by atoms with Crippen LogP contribution in [0, 0.1) is 13.8 Å². The van der Waals surface area contributed by atoms with Crippen molar-refractivity contribution in [3.8, 4) is 5.75 Å². The predicted molar refractivity (Wildman–Crippen MR) is 141 cm³/mol. The third-order valence-corrected chi connectivity index (χ3v) is 7.38. The average molecular weight is 580 g/mol. The second-order valence-electron chi connectivity index (χ2n) is 8.05. The van der Waals surface area contributed by atoms with Crippen LogP contribution in [0.3, 0.4) is 0 Å². The van der Waals surface area contributed by atoms with Gasteiger partial charge < -0.3 is 4.18 Å². The number of amides is 4. The molecule has 1 fully saturated rings. The molecular formula is C25H17Cl3N2O6S. The highest BCUT2D eigenvalue weighted by molar-refractivity contribution is 7.87. The fourth-order valence-corrected chi connectivity index (χ4v) is 5.28. The van der Waals surface area contributed by atoms with Crippen LogP contribution in [0.2, 0.25) is 15.1 Å². The van der Waals surface area contributed by atoms with Gasteiger partial charge in [-0.25, -0.2) is 9.69 Å². The second-order valence-corrected chi connectivity index (χ2v) is 10.9.